The third kappa shape index (κ3) is 5.12. The van der Waals surface area contributed by atoms with Gasteiger partial charge in [-0.25, -0.2) is 9.59 Å². The molecule has 1 aromatic heterocycles. The number of amides is 1. The first-order valence-corrected chi connectivity index (χ1v) is 11.6. The fourth-order valence-corrected chi connectivity index (χ4v) is 4.28. The highest BCUT2D eigenvalue weighted by Gasteiger charge is 2.29. The Hall–Kier alpha value is -3.26. The highest BCUT2D eigenvalue weighted by molar-refractivity contribution is 6.31. The maximum absolute atomic E-state index is 13.1. The Labute approximate surface area is 204 Å². The number of carbonyl (C=O) groups excluding carboxylic acids is 1. The predicted molar refractivity (Wildman–Crippen MR) is 137 cm³/mol. The quantitative estimate of drug-likeness (QED) is 0.587. The third-order valence-corrected chi connectivity index (χ3v) is 5.81. The molecular weight excluding hydrogens is 454 g/mol. The average molecular weight is 484 g/mol. The topological polar surface area (TPSA) is 79.7 Å². The van der Waals surface area contributed by atoms with E-state index in [1.807, 2.05) is 70.1 Å². The zero-order chi connectivity index (χ0) is 24.6. The molecule has 1 saturated heterocycles. The molecule has 1 N–H and O–H groups in total. The molecule has 0 spiro atoms. The van der Waals surface area contributed by atoms with Crippen molar-refractivity contribution in [2.75, 3.05) is 37.4 Å². The van der Waals surface area contributed by atoms with Crippen LogP contribution in [0.1, 0.15) is 27.2 Å². The van der Waals surface area contributed by atoms with Crippen LogP contribution in [0.3, 0.4) is 0 Å². The molecule has 1 atom stereocenters. The summed E-state index contributed by atoms with van der Waals surface area (Å²) in [6.45, 7) is 6.77. The van der Waals surface area contributed by atoms with E-state index in [4.69, 9.17) is 16.3 Å². The molecule has 8 nitrogen and oxygen atoms in total. The van der Waals surface area contributed by atoms with Crippen LogP contribution >= 0.6 is 11.6 Å². The summed E-state index contributed by atoms with van der Waals surface area (Å²) in [4.78, 5) is 33.3. The lowest BCUT2D eigenvalue weighted by atomic mass is 10.2. The van der Waals surface area contributed by atoms with Crippen molar-refractivity contribution in [2.45, 2.75) is 38.8 Å². The van der Waals surface area contributed by atoms with E-state index < -0.39 is 5.60 Å². The molecule has 0 aliphatic carbocycles. The second-order valence-electron chi connectivity index (χ2n) is 9.72. The van der Waals surface area contributed by atoms with Crippen LogP contribution in [-0.4, -0.2) is 59.4 Å². The minimum Gasteiger partial charge on any atom is -0.444 e. The van der Waals surface area contributed by atoms with Gasteiger partial charge in [-0.15, -0.1) is 0 Å². The number of rotatable bonds is 4. The first-order valence-electron chi connectivity index (χ1n) is 11.3. The van der Waals surface area contributed by atoms with Crippen molar-refractivity contribution < 1.29 is 9.53 Å². The monoisotopic (exact) mass is 483 g/mol. The van der Waals surface area contributed by atoms with Gasteiger partial charge in [0.05, 0.1) is 11.2 Å². The number of anilines is 2. The van der Waals surface area contributed by atoms with Crippen LogP contribution in [0, 0.1) is 0 Å². The van der Waals surface area contributed by atoms with Crippen LogP contribution in [0.2, 0.25) is 5.02 Å². The van der Waals surface area contributed by atoms with Crippen molar-refractivity contribution in [1.82, 2.24) is 14.5 Å². The molecule has 180 valence electrons. The van der Waals surface area contributed by atoms with Gasteiger partial charge < -0.3 is 19.9 Å². The number of aromatic nitrogens is 2. The summed E-state index contributed by atoms with van der Waals surface area (Å²) in [5.74, 6) is 0.593. The number of benzene rings is 2. The summed E-state index contributed by atoms with van der Waals surface area (Å²) >= 11 is 6.28. The van der Waals surface area contributed by atoms with Crippen molar-refractivity contribution in [3.63, 3.8) is 0 Å². The molecule has 4 rings (SSSR count). The Morgan fingerprint density at radius 3 is 2.68 bits per heavy atom. The van der Waals surface area contributed by atoms with Gasteiger partial charge >= 0.3 is 11.8 Å². The minimum absolute atomic E-state index is 0.0833. The third-order valence-electron chi connectivity index (χ3n) is 5.57. The lowest BCUT2D eigenvalue weighted by Gasteiger charge is -2.24. The zero-order valence-electron chi connectivity index (χ0n) is 20.1. The van der Waals surface area contributed by atoms with Gasteiger partial charge in [-0.05, 0) is 63.6 Å². The lowest BCUT2D eigenvalue weighted by molar-refractivity contribution is 0.0293. The Morgan fingerprint density at radius 1 is 1.21 bits per heavy atom. The molecule has 34 heavy (non-hydrogen) atoms. The lowest BCUT2D eigenvalue weighted by Crippen LogP contribution is -2.36. The highest BCUT2D eigenvalue weighted by atomic mass is 35.5. The number of hydrogen-bond acceptors (Lipinski definition) is 6. The molecule has 9 heteroatoms. The number of ether oxygens (including phenoxy) is 1. The molecule has 2 heterocycles. The van der Waals surface area contributed by atoms with Crippen molar-refractivity contribution in [3.8, 4) is 5.69 Å². The Morgan fingerprint density at radius 2 is 1.97 bits per heavy atom. The molecular formula is C25H30ClN5O3. The number of hydrogen-bond donors (Lipinski definition) is 1. The number of fused-ring (bicyclic) bond motifs is 1. The Balaban J connectivity index is 1.61. The van der Waals surface area contributed by atoms with E-state index in [1.165, 1.54) is 0 Å². The van der Waals surface area contributed by atoms with Crippen molar-refractivity contribution >= 4 is 40.1 Å². The average Bonchev–Trinajstić information content (AvgIpc) is 3.20. The van der Waals surface area contributed by atoms with Crippen LogP contribution < -0.4 is 15.9 Å². The first kappa shape index (κ1) is 23.9. The molecule has 1 fully saturated rings. The van der Waals surface area contributed by atoms with Crippen LogP contribution in [0.4, 0.5) is 16.3 Å². The van der Waals surface area contributed by atoms with Gasteiger partial charge in [0, 0.05) is 49.3 Å². The summed E-state index contributed by atoms with van der Waals surface area (Å²) in [6.07, 6.45) is 0.508. The fourth-order valence-electron chi connectivity index (χ4n) is 4.11. The standard InChI is InChI=1S/C25H30ClN5O3/c1-25(2,3)34-24(33)30-12-11-18(15-30)27-17-7-6-8-19(14-17)31-21-13-16(26)9-10-20(21)22(29(4)5)28-23(31)32/h6-10,13-14,18,27H,11-12,15H2,1-5H3. The summed E-state index contributed by atoms with van der Waals surface area (Å²) in [7, 11) is 3.71. The van der Waals surface area contributed by atoms with Crippen LogP contribution in [0.25, 0.3) is 16.6 Å². The van der Waals surface area contributed by atoms with E-state index in [1.54, 1.807) is 21.6 Å². The maximum atomic E-state index is 13.1. The molecule has 3 aromatic rings. The van der Waals surface area contributed by atoms with E-state index in [0.717, 1.165) is 17.5 Å². The summed E-state index contributed by atoms with van der Waals surface area (Å²) in [5, 5.41) is 4.86. The number of nitrogens with one attached hydrogen (secondary N) is 1. The smallest absolute Gasteiger partial charge is 0.410 e. The highest BCUT2D eigenvalue weighted by Crippen LogP contribution is 2.28. The normalized spacial score (nSPS) is 16.1. The number of likely N-dealkylation sites (tertiary alicyclic amines) is 1. The Kier molecular flexibility index (Phi) is 6.45. The SMILES string of the molecule is CN(C)c1nc(=O)n(-c2cccc(NC3CCN(C(=O)OC(C)(C)C)C3)c2)c2cc(Cl)ccc12. The number of halogens is 1. The van der Waals surface area contributed by atoms with E-state index >= 15 is 0 Å². The maximum Gasteiger partial charge on any atom is 0.410 e. The second-order valence-corrected chi connectivity index (χ2v) is 10.2. The van der Waals surface area contributed by atoms with Crippen molar-refractivity contribution in [2.24, 2.45) is 0 Å². The Bertz CT molecular complexity index is 1280. The van der Waals surface area contributed by atoms with Crippen molar-refractivity contribution in [1.29, 1.82) is 0 Å². The van der Waals surface area contributed by atoms with Gasteiger partial charge in [-0.3, -0.25) is 4.57 Å². The molecule has 1 amide bonds. The molecule has 1 aliphatic heterocycles. The van der Waals surface area contributed by atoms with Gasteiger partial charge in [0.1, 0.15) is 11.4 Å². The van der Waals surface area contributed by atoms with Gasteiger partial charge in [0.25, 0.3) is 0 Å². The number of carbonyl (C=O) groups is 1. The first-order chi connectivity index (χ1) is 16.0. The van der Waals surface area contributed by atoms with E-state index in [0.29, 0.717) is 35.1 Å². The van der Waals surface area contributed by atoms with Gasteiger partial charge in [0.2, 0.25) is 0 Å². The second kappa shape index (κ2) is 9.18. The zero-order valence-corrected chi connectivity index (χ0v) is 20.9. The minimum atomic E-state index is -0.522. The summed E-state index contributed by atoms with van der Waals surface area (Å²) < 4.78 is 7.06. The van der Waals surface area contributed by atoms with Crippen LogP contribution in [0.5, 0.6) is 0 Å². The predicted octanol–water partition coefficient (Wildman–Crippen LogP) is 4.53. The molecule has 0 saturated carbocycles. The fraction of sp³-hybridized carbons (Fsp3) is 0.400. The molecule has 2 aromatic carbocycles. The molecule has 0 radical (unpaired) electrons. The van der Waals surface area contributed by atoms with E-state index in [2.05, 4.69) is 10.3 Å². The molecule has 1 aliphatic rings. The summed E-state index contributed by atoms with van der Waals surface area (Å²) in [6, 6.07) is 13.1. The van der Waals surface area contributed by atoms with E-state index in [-0.39, 0.29) is 17.8 Å². The molecule has 1 unspecified atom stereocenters. The summed E-state index contributed by atoms with van der Waals surface area (Å²) in [5.41, 5.74) is 1.32. The van der Waals surface area contributed by atoms with Crippen LogP contribution in [0.15, 0.2) is 47.3 Å². The molecule has 0 bridgehead atoms. The van der Waals surface area contributed by atoms with Gasteiger partial charge in [-0.1, -0.05) is 17.7 Å². The van der Waals surface area contributed by atoms with Gasteiger partial charge in [0.15, 0.2) is 0 Å². The van der Waals surface area contributed by atoms with E-state index in [9.17, 15) is 9.59 Å². The van der Waals surface area contributed by atoms with Gasteiger partial charge in [-0.2, -0.15) is 4.98 Å². The van der Waals surface area contributed by atoms with Crippen LogP contribution in [-0.2, 0) is 4.74 Å². The number of nitrogens with zero attached hydrogens (tertiary/aromatic N) is 4. The van der Waals surface area contributed by atoms with Crippen molar-refractivity contribution in [3.05, 3.63) is 58.0 Å². The largest absolute Gasteiger partial charge is 0.444 e.